The fourth-order valence-corrected chi connectivity index (χ4v) is 2.42. The zero-order valence-electron chi connectivity index (χ0n) is 15.0. The van der Waals surface area contributed by atoms with E-state index in [4.69, 9.17) is 21.1 Å². The summed E-state index contributed by atoms with van der Waals surface area (Å²) in [5.41, 5.74) is 3.51. The van der Waals surface area contributed by atoms with E-state index in [1.54, 1.807) is 49.6 Å². The van der Waals surface area contributed by atoms with Crippen molar-refractivity contribution >= 4 is 29.6 Å². The average molecular weight is 390 g/mol. The van der Waals surface area contributed by atoms with Gasteiger partial charge >= 0.3 is 0 Å². The number of rotatable bonds is 8. The van der Waals surface area contributed by atoms with Crippen LogP contribution < -0.4 is 20.2 Å². The molecular formula is C19H20ClN3O4. The van der Waals surface area contributed by atoms with Gasteiger partial charge in [0.1, 0.15) is 0 Å². The van der Waals surface area contributed by atoms with Crippen molar-refractivity contribution < 1.29 is 19.1 Å². The van der Waals surface area contributed by atoms with Crippen molar-refractivity contribution in [2.75, 3.05) is 20.8 Å². The fraction of sp³-hybridized carbons (Fsp3) is 0.211. The van der Waals surface area contributed by atoms with E-state index < -0.39 is 0 Å². The van der Waals surface area contributed by atoms with Crippen molar-refractivity contribution in [3.05, 3.63) is 58.6 Å². The number of ether oxygens (including phenoxy) is 2. The smallest absolute Gasteiger partial charge is 0.252 e. The molecule has 0 aromatic heterocycles. The van der Waals surface area contributed by atoms with Gasteiger partial charge in [0.25, 0.3) is 5.91 Å². The van der Waals surface area contributed by atoms with Gasteiger partial charge in [-0.3, -0.25) is 9.59 Å². The highest BCUT2D eigenvalue weighted by Crippen LogP contribution is 2.26. The number of nitrogens with zero attached hydrogens (tertiary/aromatic N) is 1. The van der Waals surface area contributed by atoms with Crippen LogP contribution in [0.1, 0.15) is 22.3 Å². The molecule has 2 amide bonds. The monoisotopic (exact) mass is 389 g/mol. The van der Waals surface area contributed by atoms with E-state index in [1.165, 1.54) is 13.3 Å². The Morgan fingerprint density at radius 1 is 1.11 bits per heavy atom. The van der Waals surface area contributed by atoms with Crippen molar-refractivity contribution in [3.63, 3.8) is 0 Å². The zero-order chi connectivity index (χ0) is 19.6. The van der Waals surface area contributed by atoms with E-state index >= 15 is 0 Å². The third-order valence-electron chi connectivity index (χ3n) is 3.57. The molecule has 2 rings (SSSR count). The Morgan fingerprint density at radius 3 is 2.56 bits per heavy atom. The van der Waals surface area contributed by atoms with Crippen LogP contribution in [0.25, 0.3) is 0 Å². The lowest BCUT2D eigenvalue weighted by molar-refractivity contribution is -0.120. The molecule has 0 spiro atoms. The molecule has 142 valence electrons. The highest BCUT2D eigenvalue weighted by molar-refractivity contribution is 6.33. The van der Waals surface area contributed by atoms with Crippen molar-refractivity contribution in [1.82, 2.24) is 10.7 Å². The van der Waals surface area contributed by atoms with E-state index in [1.807, 2.05) is 0 Å². The Hall–Kier alpha value is -3.06. The summed E-state index contributed by atoms with van der Waals surface area (Å²) in [6.45, 7) is 0.168. The topological polar surface area (TPSA) is 89.0 Å². The number of hydrazone groups is 1. The summed E-state index contributed by atoms with van der Waals surface area (Å²) in [7, 11) is 3.09. The molecule has 0 atom stereocenters. The maximum absolute atomic E-state index is 12.0. The molecule has 2 aromatic carbocycles. The summed E-state index contributed by atoms with van der Waals surface area (Å²) in [6, 6.07) is 12.0. The third kappa shape index (κ3) is 6.00. The van der Waals surface area contributed by atoms with Crippen LogP contribution in [-0.2, 0) is 4.79 Å². The minimum absolute atomic E-state index is 0.0828. The molecule has 0 fully saturated rings. The van der Waals surface area contributed by atoms with Crippen LogP contribution in [0, 0.1) is 0 Å². The molecule has 0 saturated carbocycles. The first-order valence-electron chi connectivity index (χ1n) is 8.11. The minimum atomic E-state index is -0.331. The normalized spacial score (nSPS) is 10.5. The van der Waals surface area contributed by atoms with Crippen LogP contribution in [-0.4, -0.2) is 38.8 Å². The van der Waals surface area contributed by atoms with E-state index in [-0.39, 0.29) is 24.8 Å². The number of carbonyl (C=O) groups is 2. The van der Waals surface area contributed by atoms with Crippen LogP contribution in [0.15, 0.2) is 47.6 Å². The second-order valence-electron chi connectivity index (χ2n) is 5.39. The summed E-state index contributed by atoms with van der Waals surface area (Å²) in [5.74, 6) is 0.511. The van der Waals surface area contributed by atoms with Gasteiger partial charge in [-0.05, 0) is 35.9 Å². The second kappa shape index (κ2) is 10.2. The summed E-state index contributed by atoms with van der Waals surface area (Å²) < 4.78 is 10.4. The fourth-order valence-electron chi connectivity index (χ4n) is 2.20. The van der Waals surface area contributed by atoms with Crippen molar-refractivity contribution in [3.8, 4) is 11.5 Å². The molecule has 0 aliphatic carbocycles. The van der Waals surface area contributed by atoms with Gasteiger partial charge in [-0.1, -0.05) is 23.7 Å². The van der Waals surface area contributed by atoms with E-state index in [0.717, 1.165) is 5.56 Å². The first-order valence-corrected chi connectivity index (χ1v) is 8.49. The number of halogens is 1. The molecule has 8 heteroatoms. The lowest BCUT2D eigenvalue weighted by Crippen LogP contribution is -2.29. The molecular weight excluding hydrogens is 370 g/mol. The quantitative estimate of drug-likeness (QED) is 0.536. The standard InChI is InChI=1S/C19H20ClN3O4/c1-26-16-8-7-13(11-17(16)27-2)12-22-23-18(24)9-10-21-19(25)14-5-3-4-6-15(14)20/h3-8,11-12H,9-10H2,1-2H3,(H,21,25)(H,23,24)/b22-12-. The van der Waals surface area contributed by atoms with E-state index in [2.05, 4.69) is 15.8 Å². The van der Waals surface area contributed by atoms with Gasteiger partial charge in [-0.2, -0.15) is 5.10 Å². The number of amides is 2. The third-order valence-corrected chi connectivity index (χ3v) is 3.90. The summed E-state index contributed by atoms with van der Waals surface area (Å²) >= 11 is 5.95. The van der Waals surface area contributed by atoms with Crippen LogP contribution in [0.2, 0.25) is 5.02 Å². The highest BCUT2D eigenvalue weighted by Gasteiger charge is 2.09. The summed E-state index contributed by atoms with van der Waals surface area (Å²) in [4.78, 5) is 23.8. The summed E-state index contributed by atoms with van der Waals surface area (Å²) in [6.07, 6.45) is 1.57. The Kier molecular flexibility index (Phi) is 7.63. The van der Waals surface area contributed by atoms with Crippen LogP contribution in [0.4, 0.5) is 0 Å². The molecule has 7 nitrogen and oxygen atoms in total. The molecule has 0 saturated heterocycles. The van der Waals surface area contributed by atoms with E-state index in [9.17, 15) is 9.59 Å². The molecule has 2 aromatic rings. The van der Waals surface area contributed by atoms with Gasteiger partial charge in [-0.15, -0.1) is 0 Å². The molecule has 0 radical (unpaired) electrons. The molecule has 0 aliphatic rings. The Bertz CT molecular complexity index is 839. The van der Waals surface area contributed by atoms with Crippen LogP contribution in [0.5, 0.6) is 11.5 Å². The number of methoxy groups -OCH3 is 2. The lowest BCUT2D eigenvalue weighted by atomic mass is 10.2. The van der Waals surface area contributed by atoms with Gasteiger partial charge in [0, 0.05) is 13.0 Å². The van der Waals surface area contributed by atoms with Crippen LogP contribution in [0.3, 0.4) is 0 Å². The predicted molar refractivity (Wildman–Crippen MR) is 104 cm³/mol. The summed E-state index contributed by atoms with van der Waals surface area (Å²) in [5, 5.41) is 6.89. The van der Waals surface area contributed by atoms with Crippen molar-refractivity contribution in [1.29, 1.82) is 0 Å². The van der Waals surface area contributed by atoms with Gasteiger partial charge in [0.05, 0.1) is 31.0 Å². The zero-order valence-corrected chi connectivity index (χ0v) is 15.7. The predicted octanol–water partition coefficient (Wildman–Crippen LogP) is 2.63. The second-order valence-corrected chi connectivity index (χ2v) is 5.80. The van der Waals surface area contributed by atoms with Gasteiger partial charge < -0.3 is 14.8 Å². The largest absolute Gasteiger partial charge is 0.493 e. The maximum atomic E-state index is 12.0. The first-order chi connectivity index (χ1) is 13.0. The van der Waals surface area contributed by atoms with Gasteiger partial charge in [0.2, 0.25) is 5.91 Å². The van der Waals surface area contributed by atoms with Crippen LogP contribution >= 0.6 is 11.6 Å². The number of hydrogen-bond acceptors (Lipinski definition) is 5. The Balaban J connectivity index is 1.78. The SMILES string of the molecule is COc1ccc(/C=N\NC(=O)CCNC(=O)c2ccccc2Cl)cc1OC. The molecule has 0 aliphatic heterocycles. The molecule has 0 bridgehead atoms. The number of carbonyl (C=O) groups excluding carboxylic acids is 2. The van der Waals surface area contributed by atoms with E-state index in [0.29, 0.717) is 22.1 Å². The minimum Gasteiger partial charge on any atom is -0.493 e. The van der Waals surface area contributed by atoms with Crippen molar-refractivity contribution in [2.45, 2.75) is 6.42 Å². The van der Waals surface area contributed by atoms with Gasteiger partial charge in [-0.25, -0.2) is 5.43 Å². The Labute approximate surface area is 162 Å². The highest BCUT2D eigenvalue weighted by atomic mass is 35.5. The average Bonchev–Trinajstić information content (AvgIpc) is 2.68. The van der Waals surface area contributed by atoms with Crippen molar-refractivity contribution in [2.24, 2.45) is 5.10 Å². The number of benzene rings is 2. The lowest BCUT2D eigenvalue weighted by Gasteiger charge is -2.07. The molecule has 0 heterocycles. The maximum Gasteiger partial charge on any atom is 0.252 e. The van der Waals surface area contributed by atoms with Gasteiger partial charge in [0.15, 0.2) is 11.5 Å². The number of nitrogens with one attached hydrogen (secondary N) is 2. The molecule has 27 heavy (non-hydrogen) atoms. The molecule has 0 unspecified atom stereocenters. The first kappa shape index (κ1) is 20.3. The Morgan fingerprint density at radius 2 is 1.85 bits per heavy atom. The number of hydrogen-bond donors (Lipinski definition) is 2. The molecule has 2 N–H and O–H groups in total.